The molecule has 0 radical (unpaired) electrons. The van der Waals surface area contributed by atoms with Gasteiger partial charge >= 0.3 is 0 Å². The lowest BCUT2D eigenvalue weighted by molar-refractivity contribution is -0.118. The van der Waals surface area contributed by atoms with Gasteiger partial charge in [0.15, 0.2) is 5.13 Å². The number of thiazole rings is 1. The van der Waals surface area contributed by atoms with Gasteiger partial charge in [0, 0.05) is 0 Å². The zero-order valence-corrected chi connectivity index (χ0v) is 19.1. The van der Waals surface area contributed by atoms with Crippen LogP contribution in [0.4, 0.5) is 10.8 Å². The van der Waals surface area contributed by atoms with E-state index in [1.807, 2.05) is 66.7 Å². The summed E-state index contributed by atoms with van der Waals surface area (Å²) < 4.78 is 2.46. The number of rotatable bonds is 5. The zero-order chi connectivity index (χ0) is 22.9. The number of nitrogens with zero attached hydrogens (tertiary/aromatic N) is 4. The number of carbonyl (C=O) groups is 1. The van der Waals surface area contributed by atoms with E-state index in [0.29, 0.717) is 22.1 Å². The fraction of sp³-hybridized carbons (Fsp3) is 0.154. The van der Waals surface area contributed by atoms with Crippen LogP contribution in [0.1, 0.15) is 25.3 Å². The third-order valence-corrected chi connectivity index (χ3v) is 6.61. The predicted molar refractivity (Wildman–Crippen MR) is 133 cm³/mol. The molecule has 0 spiro atoms. The highest BCUT2D eigenvalue weighted by molar-refractivity contribution is 7.22. The summed E-state index contributed by atoms with van der Waals surface area (Å²) in [6, 6.07) is 23.1. The van der Waals surface area contributed by atoms with Gasteiger partial charge in [0.05, 0.1) is 33.1 Å². The van der Waals surface area contributed by atoms with Crippen LogP contribution >= 0.6 is 11.3 Å². The van der Waals surface area contributed by atoms with Crippen molar-refractivity contribution >= 4 is 49.3 Å². The number of carbonyl (C=O) groups excluding carboxylic acids is 1. The second kappa shape index (κ2) is 8.60. The number of fused-ring (bicyclic) bond motifs is 2. The minimum Gasteiger partial charge on any atom is -0.296 e. The highest BCUT2D eigenvalue weighted by Crippen LogP contribution is 2.34. The van der Waals surface area contributed by atoms with Crippen molar-refractivity contribution in [2.24, 2.45) is 0 Å². The molecule has 0 saturated carbocycles. The van der Waals surface area contributed by atoms with Gasteiger partial charge in [-0.2, -0.15) is 0 Å². The Hall–Kier alpha value is -3.84. The van der Waals surface area contributed by atoms with Gasteiger partial charge in [-0.3, -0.25) is 19.1 Å². The standard InChI is InChI=1S/C26H22N4O2S/c1-17(2)18-11-13-19(14-12-18)30(26-28-21-8-4-6-10-23(21)33-26)25(32)16-29-22-9-5-3-7-20(22)27-15-24(29)31/h3-15,17H,16H2,1-2H3. The topological polar surface area (TPSA) is 68.1 Å². The van der Waals surface area contributed by atoms with Gasteiger partial charge < -0.3 is 0 Å². The average Bonchev–Trinajstić information content (AvgIpc) is 3.25. The van der Waals surface area contributed by atoms with Gasteiger partial charge in [-0.15, -0.1) is 0 Å². The van der Waals surface area contributed by atoms with E-state index in [1.54, 1.807) is 11.0 Å². The first-order valence-corrected chi connectivity index (χ1v) is 11.6. The molecule has 0 aliphatic rings. The Morgan fingerprint density at radius 2 is 1.67 bits per heavy atom. The van der Waals surface area contributed by atoms with Crippen LogP contribution in [0, 0.1) is 0 Å². The molecule has 0 saturated heterocycles. The lowest BCUT2D eigenvalue weighted by atomic mass is 10.0. The Morgan fingerprint density at radius 3 is 2.39 bits per heavy atom. The highest BCUT2D eigenvalue weighted by atomic mass is 32.1. The van der Waals surface area contributed by atoms with Gasteiger partial charge in [0.2, 0.25) is 0 Å². The van der Waals surface area contributed by atoms with Crippen LogP contribution in [-0.4, -0.2) is 20.4 Å². The summed E-state index contributed by atoms with van der Waals surface area (Å²) in [5, 5.41) is 0.574. The van der Waals surface area contributed by atoms with Crippen molar-refractivity contribution < 1.29 is 4.79 Å². The molecular weight excluding hydrogens is 432 g/mol. The molecule has 3 aromatic carbocycles. The molecule has 6 nitrogen and oxygen atoms in total. The summed E-state index contributed by atoms with van der Waals surface area (Å²) >= 11 is 1.45. The Labute approximate surface area is 194 Å². The van der Waals surface area contributed by atoms with Crippen molar-refractivity contribution in [3.8, 4) is 0 Å². The van der Waals surface area contributed by atoms with Gasteiger partial charge in [-0.1, -0.05) is 61.6 Å². The molecule has 0 aliphatic heterocycles. The van der Waals surface area contributed by atoms with E-state index in [1.165, 1.54) is 27.7 Å². The van der Waals surface area contributed by atoms with Gasteiger partial charge in [0.25, 0.3) is 11.5 Å². The highest BCUT2D eigenvalue weighted by Gasteiger charge is 2.23. The second-order valence-corrected chi connectivity index (χ2v) is 9.12. The second-order valence-electron chi connectivity index (χ2n) is 8.11. The van der Waals surface area contributed by atoms with E-state index in [4.69, 9.17) is 4.98 Å². The molecule has 0 fully saturated rings. The van der Waals surface area contributed by atoms with Crippen LogP contribution < -0.4 is 10.5 Å². The Morgan fingerprint density at radius 1 is 0.970 bits per heavy atom. The minimum absolute atomic E-state index is 0.121. The molecule has 7 heteroatoms. The Balaban J connectivity index is 1.60. The first-order valence-electron chi connectivity index (χ1n) is 10.7. The lowest BCUT2D eigenvalue weighted by Gasteiger charge is -2.21. The molecule has 1 amide bonds. The summed E-state index contributed by atoms with van der Waals surface area (Å²) in [4.78, 5) is 36.9. The molecule has 5 aromatic rings. The summed E-state index contributed by atoms with van der Waals surface area (Å²) in [5.74, 6) is 0.136. The van der Waals surface area contributed by atoms with E-state index in [9.17, 15) is 9.59 Å². The van der Waals surface area contributed by atoms with Crippen LogP contribution in [0.15, 0.2) is 83.8 Å². The first kappa shape index (κ1) is 21.0. The number of para-hydroxylation sites is 3. The fourth-order valence-corrected chi connectivity index (χ4v) is 4.81. The SMILES string of the molecule is CC(C)c1ccc(N(C(=O)Cn2c(=O)cnc3ccccc32)c2nc3ccccc3s2)cc1. The van der Waals surface area contributed by atoms with E-state index >= 15 is 0 Å². The number of hydrogen-bond acceptors (Lipinski definition) is 5. The van der Waals surface area contributed by atoms with Crippen molar-refractivity contribution in [3.63, 3.8) is 0 Å². The summed E-state index contributed by atoms with van der Waals surface area (Å²) in [5.41, 5.74) is 3.71. The van der Waals surface area contributed by atoms with Crippen molar-refractivity contribution in [1.29, 1.82) is 0 Å². The van der Waals surface area contributed by atoms with E-state index in [2.05, 4.69) is 18.8 Å². The number of aromatic nitrogens is 3. The summed E-state index contributed by atoms with van der Waals surface area (Å²) in [7, 11) is 0. The van der Waals surface area contributed by atoms with Crippen LogP contribution in [0.5, 0.6) is 0 Å². The molecule has 0 atom stereocenters. The maximum atomic E-state index is 13.7. The zero-order valence-electron chi connectivity index (χ0n) is 18.3. The van der Waals surface area contributed by atoms with Crippen molar-refractivity contribution in [1.82, 2.24) is 14.5 Å². The fourth-order valence-electron chi connectivity index (χ4n) is 3.81. The Kier molecular flexibility index (Phi) is 5.48. The quantitative estimate of drug-likeness (QED) is 0.352. The van der Waals surface area contributed by atoms with Gasteiger partial charge in [-0.25, -0.2) is 9.97 Å². The largest absolute Gasteiger partial charge is 0.296 e. The molecule has 0 unspecified atom stereocenters. The summed E-state index contributed by atoms with van der Waals surface area (Å²) in [6.07, 6.45) is 1.26. The van der Waals surface area contributed by atoms with Crippen molar-refractivity contribution in [2.45, 2.75) is 26.3 Å². The van der Waals surface area contributed by atoms with Crippen LogP contribution in [0.25, 0.3) is 21.3 Å². The van der Waals surface area contributed by atoms with Crippen molar-refractivity contribution in [2.75, 3.05) is 4.90 Å². The van der Waals surface area contributed by atoms with E-state index in [-0.39, 0.29) is 18.0 Å². The number of amides is 1. The smallest absolute Gasteiger partial charge is 0.269 e. The van der Waals surface area contributed by atoms with Gasteiger partial charge in [-0.05, 0) is 47.9 Å². The number of anilines is 2. The molecule has 0 N–H and O–H groups in total. The average molecular weight is 455 g/mol. The molecule has 5 rings (SSSR count). The first-order chi connectivity index (χ1) is 16.0. The molecule has 164 valence electrons. The number of benzene rings is 3. The van der Waals surface area contributed by atoms with E-state index in [0.717, 1.165) is 15.9 Å². The maximum Gasteiger partial charge on any atom is 0.269 e. The third-order valence-electron chi connectivity index (χ3n) is 5.59. The summed E-state index contributed by atoms with van der Waals surface area (Å²) in [6.45, 7) is 4.14. The lowest BCUT2D eigenvalue weighted by Crippen LogP contribution is -2.33. The number of hydrogen-bond donors (Lipinski definition) is 0. The predicted octanol–water partition coefficient (Wildman–Crippen LogP) is 5.49. The normalized spacial score (nSPS) is 11.4. The minimum atomic E-state index is -0.318. The molecule has 33 heavy (non-hydrogen) atoms. The third kappa shape index (κ3) is 4.03. The Bertz CT molecular complexity index is 1490. The molecule has 0 aliphatic carbocycles. The molecule has 2 aromatic heterocycles. The van der Waals surface area contributed by atoms with Crippen LogP contribution in [0.2, 0.25) is 0 Å². The molecular formula is C26H22N4O2S. The van der Waals surface area contributed by atoms with Crippen LogP contribution in [-0.2, 0) is 11.3 Å². The van der Waals surface area contributed by atoms with E-state index < -0.39 is 0 Å². The molecule has 2 heterocycles. The maximum absolute atomic E-state index is 13.7. The van der Waals surface area contributed by atoms with Gasteiger partial charge in [0.1, 0.15) is 6.54 Å². The van der Waals surface area contributed by atoms with Crippen molar-refractivity contribution in [3.05, 3.63) is 94.9 Å². The van der Waals surface area contributed by atoms with Crippen LogP contribution in [0.3, 0.4) is 0 Å². The monoisotopic (exact) mass is 454 g/mol. The molecule has 0 bridgehead atoms.